The molecule has 2 aromatic carbocycles. The first kappa shape index (κ1) is 11.9. The van der Waals surface area contributed by atoms with Crippen molar-refractivity contribution in [2.45, 2.75) is 5.41 Å². The molecule has 0 saturated heterocycles. The average molecular weight is 254 g/mol. The fourth-order valence-corrected chi connectivity index (χ4v) is 2.99. The maximum atomic E-state index is 12.0. The Morgan fingerprint density at radius 3 is 1.95 bits per heavy atom. The normalized spacial score (nSPS) is 14.8. The SMILES string of the molecule is COCC1(C(=O)O)c2ccccc2-c2ccccc21. The Labute approximate surface area is 111 Å². The van der Waals surface area contributed by atoms with E-state index in [9.17, 15) is 9.90 Å². The van der Waals surface area contributed by atoms with Crippen LogP contribution in [0.2, 0.25) is 0 Å². The van der Waals surface area contributed by atoms with Gasteiger partial charge in [0.15, 0.2) is 0 Å². The van der Waals surface area contributed by atoms with Crippen molar-refractivity contribution >= 4 is 5.97 Å². The summed E-state index contributed by atoms with van der Waals surface area (Å²) in [6.45, 7) is 0.135. The highest BCUT2D eigenvalue weighted by molar-refractivity contribution is 5.97. The number of carboxylic acid groups (broad SMARTS) is 1. The molecule has 0 radical (unpaired) electrons. The lowest BCUT2D eigenvalue weighted by Crippen LogP contribution is -2.39. The first-order valence-corrected chi connectivity index (χ1v) is 6.13. The van der Waals surface area contributed by atoms with Gasteiger partial charge in [-0.15, -0.1) is 0 Å². The Kier molecular flexibility index (Phi) is 2.64. The number of aliphatic carboxylic acids is 1. The zero-order valence-electron chi connectivity index (χ0n) is 10.6. The Morgan fingerprint density at radius 1 is 1.05 bits per heavy atom. The highest BCUT2D eigenvalue weighted by Gasteiger charge is 2.49. The summed E-state index contributed by atoms with van der Waals surface area (Å²) in [5.41, 5.74) is 2.49. The van der Waals surface area contributed by atoms with Gasteiger partial charge >= 0.3 is 5.97 Å². The fraction of sp³-hybridized carbons (Fsp3) is 0.188. The van der Waals surface area contributed by atoms with Gasteiger partial charge in [-0.05, 0) is 22.3 Å². The van der Waals surface area contributed by atoms with E-state index in [0.717, 1.165) is 22.3 Å². The monoisotopic (exact) mass is 254 g/mol. The fourth-order valence-electron chi connectivity index (χ4n) is 2.99. The highest BCUT2D eigenvalue weighted by atomic mass is 16.5. The van der Waals surface area contributed by atoms with Crippen LogP contribution in [0.3, 0.4) is 0 Å². The van der Waals surface area contributed by atoms with E-state index < -0.39 is 11.4 Å². The molecule has 0 aromatic heterocycles. The second-order valence-electron chi connectivity index (χ2n) is 4.73. The van der Waals surface area contributed by atoms with Crippen molar-refractivity contribution in [1.82, 2.24) is 0 Å². The molecule has 0 bridgehead atoms. The van der Waals surface area contributed by atoms with E-state index >= 15 is 0 Å². The molecule has 1 aliphatic carbocycles. The van der Waals surface area contributed by atoms with E-state index in [2.05, 4.69) is 0 Å². The van der Waals surface area contributed by atoms with Crippen LogP contribution in [0.4, 0.5) is 0 Å². The average Bonchev–Trinajstić information content (AvgIpc) is 2.72. The minimum absolute atomic E-state index is 0.135. The van der Waals surface area contributed by atoms with Crippen molar-refractivity contribution in [1.29, 1.82) is 0 Å². The summed E-state index contributed by atoms with van der Waals surface area (Å²) in [7, 11) is 1.54. The number of benzene rings is 2. The molecule has 96 valence electrons. The van der Waals surface area contributed by atoms with Gasteiger partial charge in [-0.1, -0.05) is 48.5 Å². The number of hydrogen-bond donors (Lipinski definition) is 1. The van der Waals surface area contributed by atoms with Gasteiger partial charge in [0.2, 0.25) is 0 Å². The first-order chi connectivity index (χ1) is 9.21. The van der Waals surface area contributed by atoms with E-state index in [0.29, 0.717) is 0 Å². The largest absolute Gasteiger partial charge is 0.480 e. The molecule has 0 spiro atoms. The molecule has 0 heterocycles. The summed E-state index contributed by atoms with van der Waals surface area (Å²) in [5, 5.41) is 9.81. The van der Waals surface area contributed by atoms with Crippen LogP contribution in [0.15, 0.2) is 48.5 Å². The van der Waals surface area contributed by atoms with Crippen molar-refractivity contribution in [3.05, 3.63) is 59.7 Å². The van der Waals surface area contributed by atoms with Gasteiger partial charge in [-0.3, -0.25) is 4.79 Å². The lowest BCUT2D eigenvalue weighted by molar-refractivity contribution is -0.143. The number of hydrogen-bond acceptors (Lipinski definition) is 2. The van der Waals surface area contributed by atoms with E-state index in [1.807, 2.05) is 48.5 Å². The minimum atomic E-state index is -1.10. The molecule has 0 atom stereocenters. The van der Waals surface area contributed by atoms with Crippen molar-refractivity contribution in [3.63, 3.8) is 0 Å². The molecule has 2 aromatic rings. The Hall–Kier alpha value is -2.13. The predicted octanol–water partition coefficient (Wildman–Crippen LogP) is 2.68. The zero-order chi connectivity index (χ0) is 13.5. The number of fused-ring (bicyclic) bond motifs is 3. The predicted molar refractivity (Wildman–Crippen MR) is 72.2 cm³/mol. The topological polar surface area (TPSA) is 46.5 Å². The summed E-state index contributed by atoms with van der Waals surface area (Å²) in [6.07, 6.45) is 0. The lowest BCUT2D eigenvalue weighted by Gasteiger charge is -2.26. The van der Waals surface area contributed by atoms with Crippen LogP contribution >= 0.6 is 0 Å². The summed E-state index contributed by atoms with van der Waals surface area (Å²) in [5.74, 6) is -0.869. The van der Waals surface area contributed by atoms with Crippen LogP contribution < -0.4 is 0 Å². The second-order valence-corrected chi connectivity index (χ2v) is 4.73. The third-order valence-electron chi connectivity index (χ3n) is 3.79. The van der Waals surface area contributed by atoms with Gasteiger partial charge in [-0.25, -0.2) is 0 Å². The van der Waals surface area contributed by atoms with Crippen LogP contribution in [0.25, 0.3) is 11.1 Å². The Bertz CT molecular complexity index is 600. The minimum Gasteiger partial charge on any atom is -0.480 e. The molecule has 3 nitrogen and oxygen atoms in total. The van der Waals surface area contributed by atoms with Gasteiger partial charge in [0.05, 0.1) is 6.61 Å². The quantitative estimate of drug-likeness (QED) is 0.916. The molecule has 0 fully saturated rings. The summed E-state index contributed by atoms with van der Waals surface area (Å²) in [4.78, 5) is 12.0. The maximum Gasteiger partial charge on any atom is 0.321 e. The molecule has 0 unspecified atom stereocenters. The number of ether oxygens (including phenoxy) is 1. The first-order valence-electron chi connectivity index (χ1n) is 6.13. The van der Waals surface area contributed by atoms with E-state index in [1.165, 1.54) is 7.11 Å². The van der Waals surface area contributed by atoms with Crippen LogP contribution in [0.1, 0.15) is 11.1 Å². The van der Waals surface area contributed by atoms with Gasteiger partial charge in [0.1, 0.15) is 5.41 Å². The summed E-state index contributed by atoms with van der Waals surface area (Å²) >= 11 is 0. The van der Waals surface area contributed by atoms with E-state index in [4.69, 9.17) is 4.74 Å². The van der Waals surface area contributed by atoms with Crippen molar-refractivity contribution in [2.24, 2.45) is 0 Å². The van der Waals surface area contributed by atoms with E-state index in [1.54, 1.807) is 0 Å². The van der Waals surface area contributed by atoms with E-state index in [-0.39, 0.29) is 6.61 Å². The van der Waals surface area contributed by atoms with Crippen LogP contribution in [0, 0.1) is 0 Å². The van der Waals surface area contributed by atoms with Crippen LogP contribution in [-0.4, -0.2) is 24.8 Å². The maximum absolute atomic E-state index is 12.0. The highest BCUT2D eigenvalue weighted by Crippen LogP contribution is 2.49. The van der Waals surface area contributed by atoms with Gasteiger partial charge in [0.25, 0.3) is 0 Å². The number of carboxylic acids is 1. The molecule has 3 heteroatoms. The molecule has 19 heavy (non-hydrogen) atoms. The molecule has 1 N–H and O–H groups in total. The lowest BCUT2D eigenvalue weighted by atomic mass is 9.79. The van der Waals surface area contributed by atoms with Gasteiger partial charge < -0.3 is 9.84 Å². The Balaban J connectivity index is 2.38. The molecular weight excluding hydrogens is 240 g/mol. The molecular formula is C16H14O3. The zero-order valence-corrected chi connectivity index (χ0v) is 10.6. The third-order valence-corrected chi connectivity index (χ3v) is 3.79. The number of carbonyl (C=O) groups is 1. The molecule has 1 aliphatic rings. The smallest absolute Gasteiger partial charge is 0.321 e. The third kappa shape index (κ3) is 1.45. The van der Waals surface area contributed by atoms with Crippen molar-refractivity contribution < 1.29 is 14.6 Å². The molecule has 0 amide bonds. The van der Waals surface area contributed by atoms with Crippen molar-refractivity contribution in [3.8, 4) is 11.1 Å². The van der Waals surface area contributed by atoms with Gasteiger partial charge in [0, 0.05) is 7.11 Å². The molecule has 3 rings (SSSR count). The summed E-state index contributed by atoms with van der Waals surface area (Å²) < 4.78 is 5.22. The van der Waals surface area contributed by atoms with Gasteiger partial charge in [-0.2, -0.15) is 0 Å². The molecule has 0 aliphatic heterocycles. The molecule has 0 saturated carbocycles. The standard InChI is InChI=1S/C16H14O3/c1-19-10-16(15(17)18)13-8-4-2-6-11(13)12-7-3-5-9-14(12)16/h2-9H,10H2,1H3,(H,17,18). The summed E-state index contributed by atoms with van der Waals surface area (Å²) in [6, 6.07) is 15.3. The second kappa shape index (κ2) is 4.21. The Morgan fingerprint density at radius 2 is 1.53 bits per heavy atom. The van der Waals surface area contributed by atoms with Crippen LogP contribution in [0.5, 0.6) is 0 Å². The number of rotatable bonds is 3. The van der Waals surface area contributed by atoms with Crippen molar-refractivity contribution in [2.75, 3.05) is 13.7 Å². The number of methoxy groups -OCH3 is 1. The van der Waals surface area contributed by atoms with Crippen LogP contribution in [-0.2, 0) is 14.9 Å².